The van der Waals surface area contributed by atoms with E-state index in [-0.39, 0.29) is 34.5 Å². The summed E-state index contributed by atoms with van der Waals surface area (Å²) in [5, 5.41) is 4.03. The van der Waals surface area contributed by atoms with E-state index in [1.54, 1.807) is 0 Å². The minimum absolute atomic E-state index is 0.0498. The predicted molar refractivity (Wildman–Crippen MR) is 121 cm³/mol. The Kier molecular flexibility index (Phi) is 5.82. The molecule has 0 aliphatic carbocycles. The van der Waals surface area contributed by atoms with Crippen LogP contribution in [0.3, 0.4) is 0 Å². The Morgan fingerprint density at radius 1 is 1.14 bits per heavy atom. The Morgan fingerprint density at radius 3 is 2.46 bits per heavy atom. The Bertz CT molecular complexity index is 1350. The van der Waals surface area contributed by atoms with Gasteiger partial charge in [0.25, 0.3) is 5.88 Å². The fourth-order valence-electron chi connectivity index (χ4n) is 4.49. The fraction of sp³-hybridized carbons (Fsp3) is 0.455. The summed E-state index contributed by atoms with van der Waals surface area (Å²) >= 11 is 0. The molecule has 3 aromatic rings. The van der Waals surface area contributed by atoms with E-state index in [1.165, 1.54) is 6.07 Å². The highest BCUT2D eigenvalue weighted by Gasteiger charge is 2.43. The van der Waals surface area contributed by atoms with Gasteiger partial charge in [0.15, 0.2) is 33.0 Å². The number of ether oxygens (including phenoxy) is 1. The van der Waals surface area contributed by atoms with Gasteiger partial charge >= 0.3 is 6.01 Å². The van der Waals surface area contributed by atoms with Gasteiger partial charge in [-0.15, -0.1) is 0 Å². The zero-order chi connectivity index (χ0) is 24.9. The van der Waals surface area contributed by atoms with E-state index in [9.17, 15) is 12.8 Å². The highest BCUT2D eigenvalue weighted by Crippen LogP contribution is 2.38. The predicted octanol–water partition coefficient (Wildman–Crippen LogP) is 3.31. The van der Waals surface area contributed by atoms with Crippen LogP contribution in [0.25, 0.3) is 0 Å². The van der Waals surface area contributed by atoms with E-state index >= 15 is 4.39 Å². The van der Waals surface area contributed by atoms with Crippen molar-refractivity contribution in [3.05, 3.63) is 42.0 Å². The van der Waals surface area contributed by atoms with Gasteiger partial charge in [0, 0.05) is 37.3 Å². The number of anilines is 2. The molecule has 2 saturated heterocycles. The SMILES string of the molecule is CC(C)c1noc(N2CC3CCC(C2)N3c2ncnc(Oc3ccc(S(C)(=O)=O)cc3F)c2F)n1. The Hall–Kier alpha value is -3.35. The fourth-order valence-corrected chi connectivity index (χ4v) is 5.12. The maximum atomic E-state index is 15.5. The van der Waals surface area contributed by atoms with Crippen molar-refractivity contribution in [1.82, 2.24) is 20.1 Å². The standard InChI is InChI=1S/C22H24F2N6O4S/c1-12(2)19-27-22(34-28-19)29-9-13-4-5-14(10-29)30(13)20-18(24)21(26-11-25-20)33-17-7-6-15(8-16(17)23)35(3,31)32/h6-8,11-14H,4-5,9-10H2,1-3H3. The third kappa shape index (κ3) is 4.40. The maximum absolute atomic E-state index is 15.5. The second kappa shape index (κ2) is 8.70. The van der Waals surface area contributed by atoms with Gasteiger partial charge in [-0.1, -0.05) is 19.0 Å². The van der Waals surface area contributed by atoms with E-state index in [1.807, 2.05) is 23.6 Å². The van der Waals surface area contributed by atoms with Crippen LogP contribution in [0.15, 0.2) is 33.9 Å². The molecule has 2 fully saturated rings. The monoisotopic (exact) mass is 506 g/mol. The molecular formula is C22H24F2N6O4S. The molecule has 35 heavy (non-hydrogen) atoms. The number of rotatable bonds is 6. The first-order valence-electron chi connectivity index (χ1n) is 11.2. The van der Waals surface area contributed by atoms with Crippen LogP contribution in [-0.4, -0.2) is 60.0 Å². The molecule has 0 amide bonds. The summed E-state index contributed by atoms with van der Waals surface area (Å²) in [6.07, 6.45) is 3.78. The van der Waals surface area contributed by atoms with Crippen molar-refractivity contribution in [2.24, 2.45) is 0 Å². The second-order valence-electron chi connectivity index (χ2n) is 9.07. The molecule has 13 heteroatoms. The van der Waals surface area contributed by atoms with E-state index in [0.717, 1.165) is 37.6 Å². The quantitative estimate of drug-likeness (QED) is 0.493. The highest BCUT2D eigenvalue weighted by molar-refractivity contribution is 7.90. The Balaban J connectivity index is 1.37. The summed E-state index contributed by atoms with van der Waals surface area (Å²) in [4.78, 5) is 16.2. The highest BCUT2D eigenvalue weighted by atomic mass is 32.2. The number of fused-ring (bicyclic) bond motifs is 2. The lowest BCUT2D eigenvalue weighted by molar-refractivity contribution is 0.383. The summed E-state index contributed by atoms with van der Waals surface area (Å²) in [6.45, 7) is 5.08. The molecule has 2 aliphatic rings. The molecule has 2 aliphatic heterocycles. The summed E-state index contributed by atoms with van der Waals surface area (Å²) in [5.41, 5.74) is 0. The van der Waals surface area contributed by atoms with Crippen molar-refractivity contribution < 1.29 is 26.5 Å². The summed E-state index contributed by atoms with van der Waals surface area (Å²) in [6, 6.07) is 3.50. The first-order chi connectivity index (χ1) is 16.6. The van der Waals surface area contributed by atoms with Gasteiger partial charge in [0.1, 0.15) is 6.33 Å². The molecule has 186 valence electrons. The third-order valence-electron chi connectivity index (χ3n) is 6.22. The number of piperazine rings is 1. The first kappa shape index (κ1) is 23.4. The summed E-state index contributed by atoms with van der Waals surface area (Å²) < 4.78 is 64.0. The molecule has 2 bridgehead atoms. The van der Waals surface area contributed by atoms with Gasteiger partial charge in [-0.05, 0) is 31.0 Å². The van der Waals surface area contributed by atoms with Crippen LogP contribution in [0, 0.1) is 11.6 Å². The molecule has 0 radical (unpaired) electrons. The third-order valence-corrected chi connectivity index (χ3v) is 7.33. The smallest absolute Gasteiger partial charge is 0.324 e. The average Bonchev–Trinajstić information content (AvgIpc) is 3.39. The largest absolute Gasteiger partial charge is 0.433 e. The molecule has 0 N–H and O–H groups in total. The van der Waals surface area contributed by atoms with Crippen LogP contribution < -0.4 is 14.5 Å². The van der Waals surface area contributed by atoms with Crippen molar-refractivity contribution in [2.45, 2.75) is 49.6 Å². The van der Waals surface area contributed by atoms with E-state index in [4.69, 9.17) is 9.26 Å². The molecular weight excluding hydrogens is 482 g/mol. The van der Waals surface area contributed by atoms with E-state index in [2.05, 4.69) is 20.1 Å². The number of benzene rings is 1. The minimum atomic E-state index is -3.60. The van der Waals surface area contributed by atoms with Gasteiger partial charge in [-0.2, -0.15) is 14.4 Å². The number of hydrogen-bond donors (Lipinski definition) is 0. The molecule has 2 atom stereocenters. The van der Waals surface area contributed by atoms with Gasteiger partial charge in [-0.25, -0.2) is 17.8 Å². The van der Waals surface area contributed by atoms with Crippen LogP contribution in [0.5, 0.6) is 11.6 Å². The molecule has 4 heterocycles. The van der Waals surface area contributed by atoms with Crippen molar-refractivity contribution in [3.8, 4) is 11.6 Å². The zero-order valence-corrected chi connectivity index (χ0v) is 20.2. The van der Waals surface area contributed by atoms with Crippen LogP contribution in [0.2, 0.25) is 0 Å². The second-order valence-corrected chi connectivity index (χ2v) is 11.1. The average molecular weight is 507 g/mol. The minimum Gasteiger partial charge on any atom is -0.433 e. The van der Waals surface area contributed by atoms with Gasteiger partial charge in [-0.3, -0.25) is 0 Å². The van der Waals surface area contributed by atoms with E-state index in [0.29, 0.717) is 24.9 Å². The van der Waals surface area contributed by atoms with Crippen LogP contribution in [0.1, 0.15) is 38.4 Å². The van der Waals surface area contributed by atoms with Gasteiger partial charge in [0.05, 0.1) is 4.90 Å². The normalized spacial score (nSPS) is 20.1. The van der Waals surface area contributed by atoms with E-state index < -0.39 is 27.4 Å². The number of hydrogen-bond acceptors (Lipinski definition) is 10. The molecule has 10 nitrogen and oxygen atoms in total. The molecule has 1 aromatic carbocycles. The maximum Gasteiger partial charge on any atom is 0.324 e. The van der Waals surface area contributed by atoms with Crippen molar-refractivity contribution in [1.29, 1.82) is 0 Å². The van der Waals surface area contributed by atoms with Gasteiger partial charge in [0.2, 0.25) is 5.82 Å². The number of aromatic nitrogens is 4. The van der Waals surface area contributed by atoms with Crippen molar-refractivity contribution in [3.63, 3.8) is 0 Å². The van der Waals surface area contributed by atoms with Crippen LogP contribution in [0.4, 0.5) is 20.6 Å². The van der Waals surface area contributed by atoms with Crippen molar-refractivity contribution >= 4 is 21.7 Å². The number of sulfone groups is 1. The number of nitrogens with zero attached hydrogens (tertiary/aromatic N) is 6. The Labute approximate surface area is 200 Å². The van der Waals surface area contributed by atoms with Crippen LogP contribution in [-0.2, 0) is 9.84 Å². The molecule has 2 aromatic heterocycles. The lowest BCUT2D eigenvalue weighted by Gasteiger charge is -2.40. The first-order valence-corrected chi connectivity index (χ1v) is 13.1. The number of halogens is 2. The zero-order valence-electron chi connectivity index (χ0n) is 19.4. The van der Waals surface area contributed by atoms with Crippen LogP contribution >= 0.6 is 0 Å². The lowest BCUT2D eigenvalue weighted by Crippen LogP contribution is -2.54. The Morgan fingerprint density at radius 2 is 1.86 bits per heavy atom. The summed E-state index contributed by atoms with van der Waals surface area (Å²) in [7, 11) is -3.60. The van der Waals surface area contributed by atoms with Gasteiger partial charge < -0.3 is 19.1 Å². The molecule has 0 saturated carbocycles. The molecule has 5 rings (SSSR count). The van der Waals surface area contributed by atoms with Crippen molar-refractivity contribution in [2.75, 3.05) is 29.1 Å². The molecule has 0 spiro atoms. The molecule has 2 unspecified atom stereocenters. The summed E-state index contributed by atoms with van der Waals surface area (Å²) in [5.74, 6) is -1.69. The lowest BCUT2D eigenvalue weighted by atomic mass is 10.2. The topological polar surface area (TPSA) is 115 Å².